The van der Waals surface area contributed by atoms with Gasteiger partial charge in [-0.1, -0.05) is 13.8 Å². The Kier molecular flexibility index (Phi) is 3.45. The number of hydrogen-bond acceptors (Lipinski definition) is 3. The molecule has 1 atom stereocenters. The van der Waals surface area contributed by atoms with Crippen LogP contribution >= 0.6 is 11.3 Å². The second kappa shape index (κ2) is 4.20. The van der Waals surface area contributed by atoms with Crippen molar-refractivity contribution in [1.29, 1.82) is 0 Å². The normalized spacial score (nSPS) is 13.7. The Morgan fingerprint density at radius 1 is 1.38 bits per heavy atom. The van der Waals surface area contributed by atoms with Crippen molar-refractivity contribution in [2.24, 2.45) is 11.7 Å². The van der Waals surface area contributed by atoms with Crippen molar-refractivity contribution < 1.29 is 0 Å². The largest absolute Gasteiger partial charge is 0.327 e. The van der Waals surface area contributed by atoms with E-state index < -0.39 is 0 Å². The molecule has 2 nitrogen and oxygen atoms in total. The van der Waals surface area contributed by atoms with Crippen LogP contribution in [0, 0.1) is 19.8 Å². The fourth-order valence-electron chi connectivity index (χ4n) is 1.06. The molecule has 0 fully saturated rings. The van der Waals surface area contributed by atoms with Gasteiger partial charge in [0.05, 0.1) is 10.7 Å². The zero-order valence-corrected chi connectivity index (χ0v) is 9.61. The Labute approximate surface area is 84.2 Å². The van der Waals surface area contributed by atoms with E-state index in [1.54, 1.807) is 11.3 Å². The van der Waals surface area contributed by atoms with Gasteiger partial charge in [-0.2, -0.15) is 0 Å². The Balaban J connectivity index is 2.64. The molecular weight excluding hydrogens is 180 g/mol. The fraction of sp³-hybridized carbons (Fsp3) is 0.700. The Hall–Kier alpha value is -0.410. The average molecular weight is 198 g/mol. The Morgan fingerprint density at radius 2 is 2.00 bits per heavy atom. The summed E-state index contributed by atoms with van der Waals surface area (Å²) in [5, 5.41) is 1.18. The number of thiazole rings is 1. The monoisotopic (exact) mass is 198 g/mol. The van der Waals surface area contributed by atoms with Gasteiger partial charge in [-0.15, -0.1) is 11.3 Å². The predicted molar refractivity (Wildman–Crippen MR) is 58.1 cm³/mol. The molecule has 13 heavy (non-hydrogen) atoms. The van der Waals surface area contributed by atoms with E-state index in [0.717, 1.165) is 12.1 Å². The van der Waals surface area contributed by atoms with E-state index in [1.165, 1.54) is 9.88 Å². The third-order valence-electron chi connectivity index (χ3n) is 2.34. The van der Waals surface area contributed by atoms with Crippen molar-refractivity contribution in [2.75, 3.05) is 0 Å². The van der Waals surface area contributed by atoms with Gasteiger partial charge in [-0.3, -0.25) is 0 Å². The van der Waals surface area contributed by atoms with Gasteiger partial charge in [0.15, 0.2) is 0 Å². The summed E-state index contributed by atoms with van der Waals surface area (Å²) < 4.78 is 0. The van der Waals surface area contributed by atoms with E-state index >= 15 is 0 Å². The summed E-state index contributed by atoms with van der Waals surface area (Å²) in [5.74, 6) is 0.532. The molecule has 0 saturated carbocycles. The molecule has 3 heteroatoms. The van der Waals surface area contributed by atoms with E-state index in [4.69, 9.17) is 5.73 Å². The average Bonchev–Trinajstić information content (AvgIpc) is 2.31. The zero-order chi connectivity index (χ0) is 10.0. The van der Waals surface area contributed by atoms with Crippen LogP contribution in [0.15, 0.2) is 0 Å². The minimum atomic E-state index is 0.241. The predicted octanol–water partition coefficient (Wildman–Crippen LogP) is 2.29. The molecule has 0 aliphatic carbocycles. The molecule has 0 saturated heterocycles. The van der Waals surface area contributed by atoms with Crippen molar-refractivity contribution >= 4 is 11.3 Å². The molecule has 0 aromatic carbocycles. The molecule has 1 aromatic rings. The molecule has 0 radical (unpaired) electrons. The summed E-state index contributed by atoms with van der Waals surface area (Å²) in [6.45, 7) is 8.46. The maximum atomic E-state index is 5.97. The third kappa shape index (κ3) is 2.78. The first-order valence-corrected chi connectivity index (χ1v) is 5.51. The van der Waals surface area contributed by atoms with Crippen molar-refractivity contribution in [2.45, 2.75) is 40.2 Å². The summed E-state index contributed by atoms with van der Waals surface area (Å²) in [5.41, 5.74) is 7.12. The van der Waals surface area contributed by atoms with Gasteiger partial charge in [0.25, 0.3) is 0 Å². The number of nitrogens with two attached hydrogens (primary N) is 1. The summed E-state index contributed by atoms with van der Waals surface area (Å²) in [6.07, 6.45) is 0.914. The first kappa shape index (κ1) is 10.7. The van der Waals surface area contributed by atoms with Crippen molar-refractivity contribution in [3.05, 3.63) is 15.6 Å². The molecule has 2 N–H and O–H groups in total. The van der Waals surface area contributed by atoms with Crippen LogP contribution in [-0.2, 0) is 6.42 Å². The second-order valence-corrected chi connectivity index (χ2v) is 5.15. The van der Waals surface area contributed by atoms with Gasteiger partial charge in [-0.05, 0) is 19.8 Å². The molecule has 1 heterocycles. The maximum Gasteiger partial charge on any atom is 0.0946 e. The van der Waals surface area contributed by atoms with E-state index in [-0.39, 0.29) is 6.04 Å². The standard InChI is InChI=1S/C10H18N2S/c1-6(2)9(11)5-10-12-7(3)8(4)13-10/h6,9H,5,11H2,1-4H3. The SMILES string of the molecule is Cc1nc(CC(N)C(C)C)sc1C. The Bertz CT molecular complexity index is 259. The highest BCUT2D eigenvalue weighted by Crippen LogP contribution is 2.18. The minimum Gasteiger partial charge on any atom is -0.327 e. The van der Waals surface area contributed by atoms with Crippen molar-refractivity contribution in [3.8, 4) is 0 Å². The highest BCUT2D eigenvalue weighted by Gasteiger charge is 2.11. The third-order valence-corrected chi connectivity index (χ3v) is 3.43. The lowest BCUT2D eigenvalue weighted by atomic mass is 10.0. The van der Waals surface area contributed by atoms with Crippen LogP contribution in [0.3, 0.4) is 0 Å². The quantitative estimate of drug-likeness (QED) is 0.809. The van der Waals surface area contributed by atoms with Gasteiger partial charge < -0.3 is 5.73 Å². The van der Waals surface area contributed by atoms with Crippen LogP contribution in [-0.4, -0.2) is 11.0 Å². The molecule has 74 valence electrons. The van der Waals surface area contributed by atoms with E-state index in [2.05, 4.69) is 32.7 Å². The number of nitrogens with zero attached hydrogens (tertiary/aromatic N) is 1. The molecule has 0 spiro atoms. The molecule has 0 bridgehead atoms. The highest BCUT2D eigenvalue weighted by atomic mass is 32.1. The summed E-state index contributed by atoms with van der Waals surface area (Å²) in [7, 11) is 0. The summed E-state index contributed by atoms with van der Waals surface area (Å²) in [4.78, 5) is 5.78. The lowest BCUT2D eigenvalue weighted by Gasteiger charge is -2.13. The fourth-order valence-corrected chi connectivity index (χ4v) is 2.07. The molecule has 0 aliphatic rings. The van der Waals surface area contributed by atoms with Crippen LogP contribution in [0.25, 0.3) is 0 Å². The van der Waals surface area contributed by atoms with Crippen LogP contribution in [0.5, 0.6) is 0 Å². The van der Waals surface area contributed by atoms with Gasteiger partial charge in [0.2, 0.25) is 0 Å². The number of aromatic nitrogens is 1. The van der Waals surface area contributed by atoms with E-state index in [1.807, 2.05) is 0 Å². The van der Waals surface area contributed by atoms with Crippen molar-refractivity contribution in [3.63, 3.8) is 0 Å². The lowest BCUT2D eigenvalue weighted by Crippen LogP contribution is -2.28. The summed E-state index contributed by atoms with van der Waals surface area (Å²) in [6, 6.07) is 0.241. The van der Waals surface area contributed by atoms with Gasteiger partial charge in [0, 0.05) is 17.3 Å². The number of hydrogen-bond donors (Lipinski definition) is 1. The number of rotatable bonds is 3. The van der Waals surface area contributed by atoms with Crippen LogP contribution < -0.4 is 5.73 Å². The molecule has 1 unspecified atom stereocenters. The van der Waals surface area contributed by atoms with Crippen LogP contribution in [0.1, 0.15) is 29.4 Å². The second-order valence-electron chi connectivity index (χ2n) is 3.86. The van der Waals surface area contributed by atoms with Gasteiger partial charge >= 0.3 is 0 Å². The molecule has 0 aliphatic heterocycles. The maximum absolute atomic E-state index is 5.97. The van der Waals surface area contributed by atoms with E-state index in [0.29, 0.717) is 5.92 Å². The minimum absolute atomic E-state index is 0.241. The number of aryl methyl sites for hydroxylation is 2. The Morgan fingerprint density at radius 3 is 2.38 bits per heavy atom. The van der Waals surface area contributed by atoms with Gasteiger partial charge in [0.1, 0.15) is 0 Å². The lowest BCUT2D eigenvalue weighted by molar-refractivity contribution is 0.489. The first-order valence-electron chi connectivity index (χ1n) is 4.69. The van der Waals surface area contributed by atoms with Gasteiger partial charge in [-0.25, -0.2) is 4.98 Å². The van der Waals surface area contributed by atoms with Crippen molar-refractivity contribution in [1.82, 2.24) is 4.98 Å². The molecule has 1 rings (SSSR count). The topological polar surface area (TPSA) is 38.9 Å². The smallest absolute Gasteiger partial charge is 0.0946 e. The van der Waals surface area contributed by atoms with E-state index in [9.17, 15) is 0 Å². The molecule has 0 amide bonds. The van der Waals surface area contributed by atoms with Crippen LogP contribution in [0.4, 0.5) is 0 Å². The van der Waals surface area contributed by atoms with Crippen LogP contribution in [0.2, 0.25) is 0 Å². The first-order chi connectivity index (χ1) is 6.00. The summed E-state index contributed by atoms with van der Waals surface area (Å²) >= 11 is 1.77. The zero-order valence-electron chi connectivity index (χ0n) is 8.79. The molecular formula is C10H18N2S. The molecule has 1 aromatic heterocycles. The highest BCUT2D eigenvalue weighted by molar-refractivity contribution is 7.11.